The summed E-state index contributed by atoms with van der Waals surface area (Å²) in [4.78, 5) is 0. The molecule has 0 bridgehead atoms. The van der Waals surface area contributed by atoms with Crippen molar-refractivity contribution in [2.45, 2.75) is 37.7 Å². The molecule has 1 rings (SSSR count). The lowest BCUT2D eigenvalue weighted by Gasteiger charge is -2.13. The Hall–Kier alpha value is 0.177. The van der Waals surface area contributed by atoms with Crippen LogP contribution in [0.1, 0.15) is 6.42 Å². The largest absolute Gasteiger partial charge is 0.382 e. The van der Waals surface area contributed by atoms with Crippen LogP contribution in [-0.2, 0) is 4.74 Å². The third kappa shape index (κ3) is 1.80. The van der Waals surface area contributed by atoms with E-state index in [0.29, 0.717) is 6.10 Å². The molecule has 1 nitrogen and oxygen atoms in total. The minimum absolute atomic E-state index is 0.603. The minimum atomic E-state index is -0.749. The quantitative estimate of drug-likeness (QED) is 0.512. The van der Waals surface area contributed by atoms with E-state index in [0.717, 1.165) is 0 Å². The fourth-order valence-electron chi connectivity index (χ4n) is 1.57. The van der Waals surface area contributed by atoms with Gasteiger partial charge in [-0.2, -0.15) is 0 Å². The summed E-state index contributed by atoms with van der Waals surface area (Å²) in [6, 6.07) is 2.84. The molecule has 0 radical (unpaired) electrons. The molecule has 1 fully saturated rings. The number of rotatable bonds is 1. The molecule has 2 heteroatoms. The van der Waals surface area contributed by atoms with Crippen molar-refractivity contribution in [3.05, 3.63) is 0 Å². The number of hydrogen-bond acceptors (Lipinski definition) is 1. The van der Waals surface area contributed by atoms with Gasteiger partial charge in [-0.1, -0.05) is 19.1 Å². The van der Waals surface area contributed by atoms with Gasteiger partial charge in [0, 0.05) is 7.11 Å². The van der Waals surface area contributed by atoms with Gasteiger partial charge in [-0.15, -0.1) is 0 Å². The number of ether oxygens (including phenoxy) is 1. The van der Waals surface area contributed by atoms with Gasteiger partial charge >= 0.3 is 0 Å². The molecule has 0 amide bonds. The Kier molecular flexibility index (Phi) is 1.96. The molecule has 54 valence electrons. The Morgan fingerprint density at radius 2 is 2.11 bits per heavy atom. The van der Waals surface area contributed by atoms with Crippen LogP contribution in [0.2, 0.25) is 25.2 Å². The van der Waals surface area contributed by atoms with Crippen LogP contribution in [0.4, 0.5) is 0 Å². The van der Waals surface area contributed by atoms with Gasteiger partial charge in [0.1, 0.15) is 0 Å². The highest BCUT2D eigenvalue weighted by molar-refractivity contribution is 6.78. The van der Waals surface area contributed by atoms with Crippen LogP contribution >= 0.6 is 0 Å². The lowest BCUT2D eigenvalue weighted by molar-refractivity contribution is 0.121. The van der Waals surface area contributed by atoms with Crippen molar-refractivity contribution in [2.24, 2.45) is 0 Å². The first-order valence-corrected chi connectivity index (χ1v) is 7.08. The molecule has 0 spiro atoms. The standard InChI is InChI=1S/C7H16OSi/c1-8-7-4-5-9(2,3)6-7/h7H,4-6H2,1-3H3. The van der Waals surface area contributed by atoms with Crippen molar-refractivity contribution < 1.29 is 4.74 Å². The summed E-state index contributed by atoms with van der Waals surface area (Å²) < 4.78 is 5.28. The van der Waals surface area contributed by atoms with Crippen LogP contribution < -0.4 is 0 Å². The Labute approximate surface area is 58.4 Å². The van der Waals surface area contributed by atoms with E-state index < -0.39 is 8.07 Å². The molecule has 0 aromatic rings. The van der Waals surface area contributed by atoms with Crippen molar-refractivity contribution in [1.82, 2.24) is 0 Å². The van der Waals surface area contributed by atoms with Crippen molar-refractivity contribution >= 4 is 8.07 Å². The van der Waals surface area contributed by atoms with Crippen LogP contribution in [-0.4, -0.2) is 21.3 Å². The molecule has 1 atom stereocenters. The first-order valence-electron chi connectivity index (χ1n) is 3.67. The molecular formula is C7H16OSi. The highest BCUT2D eigenvalue weighted by atomic mass is 28.3. The smallest absolute Gasteiger partial charge is 0.0545 e. The van der Waals surface area contributed by atoms with Gasteiger partial charge in [0.25, 0.3) is 0 Å². The molecule has 0 saturated carbocycles. The lowest BCUT2D eigenvalue weighted by Crippen LogP contribution is -2.21. The van der Waals surface area contributed by atoms with Crippen molar-refractivity contribution in [1.29, 1.82) is 0 Å². The van der Waals surface area contributed by atoms with Gasteiger partial charge < -0.3 is 4.74 Å². The SMILES string of the molecule is COC1CC[Si](C)(C)C1. The third-order valence-corrected chi connectivity index (χ3v) is 5.46. The van der Waals surface area contributed by atoms with E-state index in [1.165, 1.54) is 18.5 Å². The van der Waals surface area contributed by atoms with Crippen LogP contribution in [0.25, 0.3) is 0 Å². The number of hydrogen-bond donors (Lipinski definition) is 0. The molecule has 9 heavy (non-hydrogen) atoms. The maximum absolute atomic E-state index is 5.28. The zero-order valence-electron chi connectivity index (χ0n) is 6.61. The molecule has 0 aliphatic carbocycles. The van der Waals surface area contributed by atoms with Gasteiger partial charge in [-0.25, -0.2) is 0 Å². The lowest BCUT2D eigenvalue weighted by atomic mass is 10.3. The third-order valence-electron chi connectivity index (χ3n) is 2.26. The zero-order chi connectivity index (χ0) is 6.91. The number of methoxy groups -OCH3 is 1. The van der Waals surface area contributed by atoms with Gasteiger partial charge in [-0.05, 0) is 12.5 Å². The molecule has 0 aromatic carbocycles. The monoisotopic (exact) mass is 144 g/mol. The molecule has 0 N–H and O–H groups in total. The fraction of sp³-hybridized carbons (Fsp3) is 1.00. The second-order valence-electron chi connectivity index (χ2n) is 3.76. The minimum Gasteiger partial charge on any atom is -0.382 e. The van der Waals surface area contributed by atoms with E-state index in [2.05, 4.69) is 13.1 Å². The zero-order valence-corrected chi connectivity index (χ0v) is 7.61. The van der Waals surface area contributed by atoms with Crippen molar-refractivity contribution in [2.75, 3.05) is 7.11 Å². The molecule has 1 heterocycles. The average molecular weight is 144 g/mol. The summed E-state index contributed by atoms with van der Waals surface area (Å²) >= 11 is 0. The summed E-state index contributed by atoms with van der Waals surface area (Å²) in [7, 11) is 1.08. The molecule has 0 aromatic heterocycles. The summed E-state index contributed by atoms with van der Waals surface area (Å²) in [6.07, 6.45) is 1.92. The van der Waals surface area contributed by atoms with Gasteiger partial charge in [0.15, 0.2) is 0 Å². The normalized spacial score (nSPS) is 33.0. The Morgan fingerprint density at radius 3 is 2.33 bits per heavy atom. The fourth-order valence-corrected chi connectivity index (χ4v) is 4.48. The second-order valence-corrected chi connectivity index (χ2v) is 9.00. The van der Waals surface area contributed by atoms with Gasteiger partial charge in [0.05, 0.1) is 14.2 Å². The Bertz CT molecular complexity index is 101. The van der Waals surface area contributed by atoms with Crippen molar-refractivity contribution in [3.63, 3.8) is 0 Å². The van der Waals surface area contributed by atoms with E-state index in [1.54, 1.807) is 0 Å². The molecule has 1 unspecified atom stereocenters. The van der Waals surface area contributed by atoms with Gasteiger partial charge in [0.2, 0.25) is 0 Å². The van der Waals surface area contributed by atoms with E-state index in [9.17, 15) is 0 Å². The topological polar surface area (TPSA) is 9.23 Å². The molecule has 1 saturated heterocycles. The summed E-state index contributed by atoms with van der Waals surface area (Å²) in [6.45, 7) is 4.90. The Morgan fingerprint density at radius 1 is 1.44 bits per heavy atom. The van der Waals surface area contributed by atoms with Crippen LogP contribution in [0, 0.1) is 0 Å². The average Bonchev–Trinajstić information content (AvgIpc) is 2.10. The first kappa shape index (κ1) is 7.29. The van der Waals surface area contributed by atoms with Gasteiger partial charge in [-0.3, -0.25) is 0 Å². The molecule has 1 aliphatic heterocycles. The summed E-state index contributed by atoms with van der Waals surface area (Å²) in [5.41, 5.74) is 0. The highest BCUT2D eigenvalue weighted by Gasteiger charge is 2.32. The molecular weight excluding hydrogens is 128 g/mol. The predicted octanol–water partition coefficient (Wildman–Crippen LogP) is 2.11. The second kappa shape index (κ2) is 2.43. The van der Waals surface area contributed by atoms with E-state index in [-0.39, 0.29) is 0 Å². The summed E-state index contributed by atoms with van der Waals surface area (Å²) in [5.74, 6) is 0. The van der Waals surface area contributed by atoms with Crippen LogP contribution in [0.5, 0.6) is 0 Å². The van der Waals surface area contributed by atoms with Crippen LogP contribution in [0.3, 0.4) is 0 Å². The maximum Gasteiger partial charge on any atom is 0.0545 e. The van der Waals surface area contributed by atoms with Crippen LogP contribution in [0.15, 0.2) is 0 Å². The Balaban J connectivity index is 2.38. The van der Waals surface area contributed by atoms with E-state index in [1.807, 2.05) is 7.11 Å². The predicted molar refractivity (Wildman–Crippen MR) is 42.5 cm³/mol. The highest BCUT2D eigenvalue weighted by Crippen LogP contribution is 2.31. The molecule has 1 aliphatic rings. The van der Waals surface area contributed by atoms with E-state index in [4.69, 9.17) is 4.74 Å². The van der Waals surface area contributed by atoms with Crippen molar-refractivity contribution in [3.8, 4) is 0 Å². The van der Waals surface area contributed by atoms with E-state index >= 15 is 0 Å². The first-order chi connectivity index (χ1) is 4.14. The maximum atomic E-state index is 5.28. The summed E-state index contributed by atoms with van der Waals surface area (Å²) in [5, 5.41) is 0.